The van der Waals surface area contributed by atoms with Crippen molar-refractivity contribution < 1.29 is 0 Å². The molecule has 0 saturated carbocycles. The summed E-state index contributed by atoms with van der Waals surface area (Å²) in [5, 5.41) is 7.43. The maximum absolute atomic E-state index is 2.47. The highest BCUT2D eigenvalue weighted by Gasteiger charge is 2.20. The lowest BCUT2D eigenvalue weighted by atomic mass is 9.86. The molecule has 0 unspecified atom stereocenters. The SMILES string of the molecule is c1ccc(-c2ccc(-c3ccc4c(c3)c3cc(-c5ccc(-c6ccccc6)cc5)ccc3n4-c3ccc4c(-c5ccccc5)c5ccccc5c(-c5ccccc5)c4c3)cc2)cc1. The predicted molar refractivity (Wildman–Crippen MR) is 268 cm³/mol. The van der Waals surface area contributed by atoms with Crippen molar-refractivity contribution in [1.82, 2.24) is 4.57 Å². The van der Waals surface area contributed by atoms with Crippen LogP contribution in [0.2, 0.25) is 0 Å². The Hall–Kier alpha value is -8.26. The molecule has 1 heterocycles. The first-order chi connectivity index (χ1) is 31.2. The Balaban J connectivity index is 1.08. The molecule has 0 bridgehead atoms. The summed E-state index contributed by atoms with van der Waals surface area (Å²) < 4.78 is 2.47. The molecular weight excluding hydrogens is 759 g/mol. The Morgan fingerprint density at radius 2 is 0.508 bits per heavy atom. The molecule has 0 N–H and O–H groups in total. The summed E-state index contributed by atoms with van der Waals surface area (Å²) in [6.45, 7) is 0. The summed E-state index contributed by atoms with van der Waals surface area (Å²) in [5.41, 5.74) is 18.1. The van der Waals surface area contributed by atoms with E-state index in [1.165, 1.54) is 110 Å². The van der Waals surface area contributed by atoms with Gasteiger partial charge in [-0.3, -0.25) is 0 Å². The molecule has 63 heavy (non-hydrogen) atoms. The Labute approximate surface area is 367 Å². The van der Waals surface area contributed by atoms with Gasteiger partial charge in [0.15, 0.2) is 0 Å². The monoisotopic (exact) mass is 799 g/mol. The lowest BCUT2D eigenvalue weighted by Crippen LogP contribution is -1.96. The average Bonchev–Trinajstić information content (AvgIpc) is 3.69. The minimum Gasteiger partial charge on any atom is -0.309 e. The van der Waals surface area contributed by atoms with E-state index in [-0.39, 0.29) is 0 Å². The van der Waals surface area contributed by atoms with Gasteiger partial charge < -0.3 is 4.57 Å². The van der Waals surface area contributed by atoms with Crippen LogP contribution >= 0.6 is 0 Å². The lowest BCUT2D eigenvalue weighted by Gasteiger charge is -2.19. The third-order valence-corrected chi connectivity index (χ3v) is 12.8. The molecule has 294 valence electrons. The van der Waals surface area contributed by atoms with E-state index in [1.54, 1.807) is 0 Å². The van der Waals surface area contributed by atoms with Crippen LogP contribution in [0.4, 0.5) is 0 Å². The second kappa shape index (κ2) is 15.3. The van der Waals surface area contributed by atoms with E-state index < -0.39 is 0 Å². The normalized spacial score (nSPS) is 11.5. The minimum atomic E-state index is 1.13. The number of fused-ring (bicyclic) bond motifs is 5. The van der Waals surface area contributed by atoms with Crippen LogP contribution in [-0.2, 0) is 0 Å². The van der Waals surface area contributed by atoms with Crippen LogP contribution < -0.4 is 0 Å². The molecule has 12 aromatic rings. The van der Waals surface area contributed by atoms with Crippen molar-refractivity contribution >= 4 is 43.4 Å². The quantitative estimate of drug-likeness (QED) is 0.142. The van der Waals surface area contributed by atoms with Gasteiger partial charge in [-0.15, -0.1) is 0 Å². The topological polar surface area (TPSA) is 4.93 Å². The third kappa shape index (κ3) is 6.42. The Morgan fingerprint density at radius 1 is 0.190 bits per heavy atom. The van der Waals surface area contributed by atoms with E-state index in [4.69, 9.17) is 0 Å². The van der Waals surface area contributed by atoms with Crippen molar-refractivity contribution in [2.75, 3.05) is 0 Å². The zero-order valence-electron chi connectivity index (χ0n) is 34.6. The van der Waals surface area contributed by atoms with Crippen molar-refractivity contribution in [2.45, 2.75) is 0 Å². The number of rotatable bonds is 7. The molecule has 0 radical (unpaired) electrons. The van der Waals surface area contributed by atoms with Gasteiger partial charge in [-0.1, -0.05) is 212 Å². The molecule has 0 aliphatic rings. The molecule has 0 saturated heterocycles. The lowest BCUT2D eigenvalue weighted by molar-refractivity contribution is 1.19. The highest BCUT2D eigenvalue weighted by molar-refractivity contribution is 6.22. The molecule has 12 rings (SSSR count). The van der Waals surface area contributed by atoms with E-state index in [9.17, 15) is 0 Å². The fraction of sp³-hybridized carbons (Fsp3) is 0. The van der Waals surface area contributed by atoms with Crippen molar-refractivity contribution in [2.24, 2.45) is 0 Å². The van der Waals surface area contributed by atoms with Gasteiger partial charge in [0, 0.05) is 16.5 Å². The number of hydrogen-bond acceptors (Lipinski definition) is 0. The standard InChI is InChI=1S/C62H41N/c1-5-15-42(16-6-1)44-25-29-46(30-26-44)50-33-37-59-56(39-50)57-40-51(47-31-27-45(28-32-47)43-17-7-2-8-18-43)34-38-60(57)63(59)52-35-36-55-58(41-52)62(49-21-11-4-12-22-49)54-24-14-13-23-53(54)61(55)48-19-9-3-10-20-48/h1-41H. The molecule has 0 aliphatic carbocycles. The van der Waals surface area contributed by atoms with Crippen LogP contribution in [0.25, 0.3) is 116 Å². The largest absolute Gasteiger partial charge is 0.309 e. The maximum atomic E-state index is 2.47. The van der Waals surface area contributed by atoms with Crippen molar-refractivity contribution in [3.05, 3.63) is 249 Å². The third-order valence-electron chi connectivity index (χ3n) is 12.8. The second-order valence-corrected chi connectivity index (χ2v) is 16.4. The van der Waals surface area contributed by atoms with Crippen molar-refractivity contribution in [3.63, 3.8) is 0 Å². The van der Waals surface area contributed by atoms with E-state index in [1.807, 2.05) is 0 Å². The molecule has 1 heteroatoms. The number of hydrogen-bond donors (Lipinski definition) is 0. The summed E-state index contributed by atoms with van der Waals surface area (Å²) in [5.74, 6) is 0. The summed E-state index contributed by atoms with van der Waals surface area (Å²) in [7, 11) is 0. The van der Waals surface area contributed by atoms with Gasteiger partial charge in [0.1, 0.15) is 0 Å². The van der Waals surface area contributed by atoms with Gasteiger partial charge in [0.2, 0.25) is 0 Å². The molecular formula is C62H41N. The smallest absolute Gasteiger partial charge is 0.0541 e. The first-order valence-electron chi connectivity index (χ1n) is 21.7. The first-order valence-corrected chi connectivity index (χ1v) is 21.7. The number of aromatic nitrogens is 1. The molecule has 11 aromatic carbocycles. The second-order valence-electron chi connectivity index (χ2n) is 16.4. The fourth-order valence-electron chi connectivity index (χ4n) is 9.77. The predicted octanol–water partition coefficient (Wildman–Crippen LogP) is 17.1. The highest BCUT2D eigenvalue weighted by atomic mass is 15.0. The van der Waals surface area contributed by atoms with Crippen LogP contribution in [0.3, 0.4) is 0 Å². The van der Waals surface area contributed by atoms with Crippen LogP contribution in [-0.4, -0.2) is 4.57 Å². The maximum Gasteiger partial charge on any atom is 0.0541 e. The zero-order chi connectivity index (χ0) is 41.7. The highest BCUT2D eigenvalue weighted by Crippen LogP contribution is 2.45. The van der Waals surface area contributed by atoms with Gasteiger partial charge in [0.05, 0.1) is 11.0 Å². The van der Waals surface area contributed by atoms with E-state index in [0.717, 1.165) is 5.69 Å². The Bertz CT molecular complexity index is 3470. The van der Waals surface area contributed by atoms with Crippen LogP contribution in [0, 0.1) is 0 Å². The van der Waals surface area contributed by atoms with Crippen molar-refractivity contribution in [3.8, 4) is 72.4 Å². The molecule has 0 atom stereocenters. The molecule has 1 aromatic heterocycles. The molecule has 1 nitrogen and oxygen atoms in total. The van der Waals surface area contributed by atoms with Gasteiger partial charge in [-0.05, 0) is 125 Å². The van der Waals surface area contributed by atoms with Crippen LogP contribution in [0.15, 0.2) is 249 Å². The van der Waals surface area contributed by atoms with E-state index in [0.29, 0.717) is 0 Å². The van der Waals surface area contributed by atoms with Crippen molar-refractivity contribution in [1.29, 1.82) is 0 Å². The number of nitrogens with zero attached hydrogens (tertiary/aromatic N) is 1. The van der Waals surface area contributed by atoms with E-state index >= 15 is 0 Å². The Morgan fingerprint density at radius 3 is 0.937 bits per heavy atom. The zero-order valence-corrected chi connectivity index (χ0v) is 34.6. The molecule has 0 fully saturated rings. The average molecular weight is 800 g/mol. The summed E-state index contributed by atoms with van der Waals surface area (Å²) in [6.07, 6.45) is 0. The summed E-state index contributed by atoms with van der Waals surface area (Å²) in [4.78, 5) is 0. The minimum absolute atomic E-state index is 1.13. The van der Waals surface area contributed by atoms with Crippen LogP contribution in [0.1, 0.15) is 0 Å². The van der Waals surface area contributed by atoms with Gasteiger partial charge >= 0.3 is 0 Å². The molecule has 0 spiro atoms. The molecule has 0 amide bonds. The van der Waals surface area contributed by atoms with E-state index in [2.05, 4.69) is 253 Å². The van der Waals surface area contributed by atoms with Gasteiger partial charge in [-0.2, -0.15) is 0 Å². The van der Waals surface area contributed by atoms with Gasteiger partial charge in [-0.25, -0.2) is 0 Å². The Kier molecular flexibility index (Phi) is 8.90. The first kappa shape index (κ1) is 36.6. The summed E-state index contributed by atoms with van der Waals surface area (Å²) in [6, 6.07) is 91.0. The van der Waals surface area contributed by atoms with Gasteiger partial charge in [0.25, 0.3) is 0 Å². The van der Waals surface area contributed by atoms with Crippen LogP contribution in [0.5, 0.6) is 0 Å². The molecule has 0 aliphatic heterocycles. The summed E-state index contributed by atoms with van der Waals surface area (Å²) >= 11 is 0. The number of benzene rings is 11. The fourth-order valence-corrected chi connectivity index (χ4v) is 9.77.